The van der Waals surface area contributed by atoms with Gasteiger partial charge in [-0.25, -0.2) is 0 Å². The first-order valence-corrected chi connectivity index (χ1v) is 12.3. The van der Waals surface area contributed by atoms with Crippen molar-refractivity contribution >= 4 is 17.4 Å². The van der Waals surface area contributed by atoms with E-state index >= 15 is 0 Å². The summed E-state index contributed by atoms with van der Waals surface area (Å²) in [5, 5.41) is 20.7. The highest BCUT2D eigenvalue weighted by atomic mass is 16.5. The maximum Gasteiger partial charge on any atom is 0.251 e. The van der Waals surface area contributed by atoms with Crippen LogP contribution in [0.3, 0.4) is 0 Å². The minimum Gasteiger partial charge on any atom is -0.437 e. The molecule has 1 unspecified atom stereocenters. The minimum absolute atomic E-state index is 0.0347. The van der Waals surface area contributed by atoms with E-state index in [2.05, 4.69) is 20.7 Å². The second kappa shape index (κ2) is 10.3. The lowest BCUT2D eigenvalue weighted by molar-refractivity contribution is 0.0950. The first-order chi connectivity index (χ1) is 17.6. The third kappa shape index (κ3) is 5.16. The number of nitrogens with zero attached hydrogens (tertiary/aromatic N) is 4. The van der Waals surface area contributed by atoms with Gasteiger partial charge in [0.15, 0.2) is 5.65 Å². The number of rotatable bonds is 10. The number of aromatic nitrogens is 4. The fourth-order valence-electron chi connectivity index (χ4n) is 4.01. The molecule has 9 nitrogen and oxygen atoms in total. The first-order valence-electron chi connectivity index (χ1n) is 12.3. The molecule has 1 atom stereocenters. The Balaban J connectivity index is 1.51. The summed E-state index contributed by atoms with van der Waals surface area (Å²) in [4.78, 5) is 21.4. The summed E-state index contributed by atoms with van der Waals surface area (Å²) in [6.07, 6.45) is 8.03. The lowest BCUT2D eigenvalue weighted by atomic mass is 10.0. The molecular formula is C27H30N6O3. The van der Waals surface area contributed by atoms with Crippen LogP contribution in [-0.2, 0) is 0 Å². The molecular weight excluding hydrogens is 456 g/mol. The fourth-order valence-corrected chi connectivity index (χ4v) is 4.01. The van der Waals surface area contributed by atoms with E-state index < -0.39 is 0 Å². The van der Waals surface area contributed by atoms with Gasteiger partial charge in [-0.05, 0) is 61.4 Å². The molecule has 0 radical (unpaired) electrons. The van der Waals surface area contributed by atoms with Gasteiger partial charge >= 0.3 is 0 Å². The van der Waals surface area contributed by atoms with Crippen molar-refractivity contribution in [1.29, 1.82) is 0 Å². The van der Waals surface area contributed by atoms with E-state index in [0.29, 0.717) is 41.2 Å². The van der Waals surface area contributed by atoms with Crippen molar-refractivity contribution in [3.05, 3.63) is 66.1 Å². The SMILES string of the molecule is CCC(CO)CNc1cc(Oc2cccnc2)nc2c(-c3ccc(C(=O)NC4CC4)c(C)c3)cnn12. The Kier molecular flexibility index (Phi) is 6.81. The predicted molar refractivity (Wildman–Crippen MR) is 137 cm³/mol. The average molecular weight is 487 g/mol. The molecule has 1 aliphatic carbocycles. The smallest absolute Gasteiger partial charge is 0.251 e. The van der Waals surface area contributed by atoms with Crippen LogP contribution in [-0.4, -0.2) is 49.8 Å². The van der Waals surface area contributed by atoms with Gasteiger partial charge in [0.1, 0.15) is 11.6 Å². The molecule has 0 aliphatic heterocycles. The lowest BCUT2D eigenvalue weighted by Gasteiger charge is -2.15. The van der Waals surface area contributed by atoms with Gasteiger partial charge in [-0.3, -0.25) is 9.78 Å². The molecule has 1 saturated carbocycles. The third-order valence-corrected chi connectivity index (χ3v) is 6.41. The van der Waals surface area contributed by atoms with E-state index in [1.807, 2.05) is 38.1 Å². The van der Waals surface area contributed by atoms with E-state index in [-0.39, 0.29) is 18.4 Å². The van der Waals surface area contributed by atoms with Crippen molar-refractivity contribution in [2.45, 2.75) is 39.2 Å². The van der Waals surface area contributed by atoms with Crippen molar-refractivity contribution in [2.75, 3.05) is 18.5 Å². The maximum absolute atomic E-state index is 12.6. The first kappa shape index (κ1) is 23.7. The Labute approximate surface area is 209 Å². The maximum atomic E-state index is 12.6. The molecule has 3 aromatic heterocycles. The van der Waals surface area contributed by atoms with Crippen LogP contribution in [0.5, 0.6) is 11.6 Å². The van der Waals surface area contributed by atoms with Crippen LogP contribution in [0.1, 0.15) is 42.1 Å². The van der Waals surface area contributed by atoms with Crippen LogP contribution >= 0.6 is 0 Å². The normalized spacial score (nSPS) is 14.0. The number of pyridine rings is 1. The Morgan fingerprint density at radius 1 is 1.25 bits per heavy atom. The summed E-state index contributed by atoms with van der Waals surface area (Å²) < 4.78 is 7.74. The van der Waals surface area contributed by atoms with Gasteiger partial charge in [0, 0.05) is 42.6 Å². The fraction of sp³-hybridized carbons (Fsp3) is 0.333. The van der Waals surface area contributed by atoms with Crippen molar-refractivity contribution in [3.8, 4) is 22.8 Å². The Bertz CT molecular complexity index is 1360. The zero-order valence-corrected chi connectivity index (χ0v) is 20.4. The Hall–Kier alpha value is -3.98. The summed E-state index contributed by atoms with van der Waals surface area (Å²) in [6.45, 7) is 4.66. The number of hydrogen-bond acceptors (Lipinski definition) is 7. The van der Waals surface area contributed by atoms with Crippen molar-refractivity contribution in [2.24, 2.45) is 5.92 Å². The number of aliphatic hydroxyl groups excluding tert-OH is 1. The number of fused-ring (bicyclic) bond motifs is 1. The van der Waals surface area contributed by atoms with Gasteiger partial charge in [-0.2, -0.15) is 14.6 Å². The summed E-state index contributed by atoms with van der Waals surface area (Å²) in [5.41, 5.74) is 3.91. The number of hydrogen-bond donors (Lipinski definition) is 3. The van der Waals surface area contributed by atoms with Gasteiger partial charge in [0.2, 0.25) is 5.88 Å². The molecule has 1 fully saturated rings. The molecule has 0 saturated heterocycles. The number of carbonyl (C=O) groups is 1. The van der Waals surface area contributed by atoms with E-state index in [9.17, 15) is 9.90 Å². The second-order valence-electron chi connectivity index (χ2n) is 9.18. The van der Waals surface area contributed by atoms with Gasteiger partial charge < -0.3 is 20.5 Å². The van der Waals surface area contributed by atoms with Crippen molar-refractivity contribution < 1.29 is 14.6 Å². The number of aliphatic hydroxyl groups is 1. The van der Waals surface area contributed by atoms with Gasteiger partial charge in [-0.15, -0.1) is 0 Å². The minimum atomic E-state index is -0.0347. The number of anilines is 1. The molecule has 9 heteroatoms. The Morgan fingerprint density at radius 2 is 2.11 bits per heavy atom. The molecule has 3 heterocycles. The zero-order valence-electron chi connectivity index (χ0n) is 20.4. The topological polar surface area (TPSA) is 114 Å². The molecule has 1 aromatic carbocycles. The van der Waals surface area contributed by atoms with Crippen LogP contribution in [0.15, 0.2) is 55.0 Å². The van der Waals surface area contributed by atoms with E-state index in [0.717, 1.165) is 36.0 Å². The predicted octanol–water partition coefficient (Wildman–Crippen LogP) is 4.21. The van der Waals surface area contributed by atoms with Gasteiger partial charge in [0.25, 0.3) is 5.91 Å². The number of aryl methyl sites for hydroxylation is 1. The number of carbonyl (C=O) groups excluding carboxylic acids is 1. The molecule has 186 valence electrons. The molecule has 0 bridgehead atoms. The Morgan fingerprint density at radius 3 is 2.81 bits per heavy atom. The van der Waals surface area contributed by atoms with Gasteiger partial charge in [-0.1, -0.05) is 19.1 Å². The molecule has 3 N–H and O–H groups in total. The average Bonchev–Trinajstić information content (AvgIpc) is 3.60. The highest BCUT2D eigenvalue weighted by Crippen LogP contribution is 2.31. The molecule has 5 rings (SSSR count). The third-order valence-electron chi connectivity index (χ3n) is 6.41. The summed E-state index contributed by atoms with van der Waals surface area (Å²) in [7, 11) is 0. The van der Waals surface area contributed by atoms with Crippen molar-refractivity contribution in [3.63, 3.8) is 0 Å². The second-order valence-corrected chi connectivity index (χ2v) is 9.18. The van der Waals surface area contributed by atoms with Crippen LogP contribution in [0.4, 0.5) is 5.82 Å². The largest absolute Gasteiger partial charge is 0.437 e. The van der Waals surface area contributed by atoms with Crippen LogP contribution in [0.25, 0.3) is 16.8 Å². The molecule has 36 heavy (non-hydrogen) atoms. The number of benzene rings is 1. The highest BCUT2D eigenvalue weighted by molar-refractivity contribution is 5.97. The number of ether oxygens (including phenoxy) is 1. The monoisotopic (exact) mass is 486 g/mol. The standard InChI is InChI=1S/C27H30N6O3/c1-3-18(16-34)13-29-24-12-25(36-21-5-4-10-28-14-21)32-26-23(15-30-33(24)26)19-6-9-22(17(2)11-19)27(35)31-20-7-8-20/h4-6,9-12,14-15,18,20,29,34H,3,7-8,13,16H2,1-2H3,(H,31,35). The van der Waals surface area contributed by atoms with Crippen LogP contribution in [0.2, 0.25) is 0 Å². The number of nitrogens with one attached hydrogen (secondary N) is 2. The van der Waals surface area contributed by atoms with E-state index in [1.165, 1.54) is 0 Å². The zero-order chi connectivity index (χ0) is 25.1. The van der Waals surface area contributed by atoms with Crippen LogP contribution < -0.4 is 15.4 Å². The van der Waals surface area contributed by atoms with E-state index in [4.69, 9.17) is 9.72 Å². The van der Waals surface area contributed by atoms with Gasteiger partial charge in [0.05, 0.1) is 12.4 Å². The summed E-state index contributed by atoms with van der Waals surface area (Å²) >= 11 is 0. The quantitative estimate of drug-likeness (QED) is 0.308. The molecule has 0 spiro atoms. The van der Waals surface area contributed by atoms with Crippen LogP contribution in [0, 0.1) is 12.8 Å². The van der Waals surface area contributed by atoms with Crippen molar-refractivity contribution in [1.82, 2.24) is 24.9 Å². The lowest BCUT2D eigenvalue weighted by Crippen LogP contribution is -2.26. The summed E-state index contributed by atoms with van der Waals surface area (Å²) in [5.74, 6) is 1.75. The number of amides is 1. The summed E-state index contributed by atoms with van der Waals surface area (Å²) in [6, 6.07) is 11.5. The highest BCUT2D eigenvalue weighted by Gasteiger charge is 2.24. The molecule has 1 amide bonds. The molecule has 4 aromatic rings. The molecule has 1 aliphatic rings. The van der Waals surface area contributed by atoms with E-state index in [1.54, 1.807) is 35.2 Å².